The molecule has 2 aliphatic carbocycles. The van der Waals surface area contributed by atoms with Gasteiger partial charge in [0.25, 0.3) is 0 Å². The highest BCUT2D eigenvalue weighted by Gasteiger charge is 2.66. The first kappa shape index (κ1) is 18.8. The van der Waals surface area contributed by atoms with Crippen molar-refractivity contribution in [2.75, 3.05) is 6.54 Å². The molecule has 2 fully saturated rings. The van der Waals surface area contributed by atoms with Gasteiger partial charge in [0.15, 0.2) is 0 Å². The third kappa shape index (κ3) is 4.13. The summed E-state index contributed by atoms with van der Waals surface area (Å²) in [6.07, 6.45) is 0.153. The number of nitrogens with one attached hydrogen (secondary N) is 2. The summed E-state index contributed by atoms with van der Waals surface area (Å²) in [5, 5.41) is 23.9. The van der Waals surface area contributed by atoms with Gasteiger partial charge in [0.05, 0.1) is 18.7 Å². The second-order valence-electron chi connectivity index (χ2n) is 5.69. The zero-order valence-electron chi connectivity index (χ0n) is 12.4. The quantitative estimate of drug-likeness (QED) is 0.359. The Morgan fingerprint density at radius 1 is 1.39 bits per heavy atom. The molecule has 6 N–H and O–H groups in total. The van der Waals surface area contributed by atoms with E-state index in [-0.39, 0.29) is 31.0 Å². The molecule has 0 unspecified atom stereocenters. The fourth-order valence-corrected chi connectivity index (χ4v) is 2.90. The van der Waals surface area contributed by atoms with Gasteiger partial charge >= 0.3 is 12.1 Å². The van der Waals surface area contributed by atoms with E-state index in [1.54, 1.807) is 0 Å². The van der Waals surface area contributed by atoms with Gasteiger partial charge in [0.2, 0.25) is 11.8 Å². The average molecular weight is 329 g/mol. The summed E-state index contributed by atoms with van der Waals surface area (Å²) >= 11 is 0. The molecule has 10 nitrogen and oxygen atoms in total. The van der Waals surface area contributed by atoms with Gasteiger partial charge in [-0.15, -0.1) is 0 Å². The van der Waals surface area contributed by atoms with Crippen LogP contribution >= 0.6 is 0 Å². The van der Waals surface area contributed by atoms with Crippen LogP contribution in [0.5, 0.6) is 0 Å². The van der Waals surface area contributed by atoms with Crippen molar-refractivity contribution < 1.29 is 34.2 Å². The van der Waals surface area contributed by atoms with E-state index in [0.29, 0.717) is 6.42 Å². The summed E-state index contributed by atoms with van der Waals surface area (Å²) in [5.74, 6) is -2.51. The number of carboxylic acid groups (broad SMARTS) is 1. The molecule has 2 aliphatic rings. The number of amides is 2. The lowest BCUT2D eigenvalue weighted by Gasteiger charge is -2.28. The van der Waals surface area contributed by atoms with Crippen molar-refractivity contribution in [3.05, 3.63) is 0 Å². The van der Waals surface area contributed by atoms with Crippen molar-refractivity contribution in [2.45, 2.75) is 37.5 Å². The molecular formula is C13H19N3O7. The minimum absolute atomic E-state index is 0.00461. The van der Waals surface area contributed by atoms with Crippen LogP contribution in [-0.2, 0) is 24.0 Å². The van der Waals surface area contributed by atoms with Crippen molar-refractivity contribution in [2.24, 2.45) is 17.6 Å². The number of aliphatic hydroxyl groups is 1. The van der Waals surface area contributed by atoms with Crippen LogP contribution in [0.2, 0.25) is 0 Å². The Morgan fingerprint density at radius 3 is 2.30 bits per heavy atom. The minimum Gasteiger partial charge on any atom is -0.479 e. The predicted octanol–water partition coefficient (Wildman–Crippen LogP) is -2.79. The molecule has 0 aromatic carbocycles. The van der Waals surface area contributed by atoms with E-state index in [4.69, 9.17) is 15.3 Å². The second kappa shape index (κ2) is 7.32. The first-order valence-electron chi connectivity index (χ1n) is 6.94. The van der Waals surface area contributed by atoms with Gasteiger partial charge < -0.3 is 26.6 Å². The molecule has 2 amide bonds. The van der Waals surface area contributed by atoms with Crippen molar-refractivity contribution in [1.29, 1.82) is 0 Å². The number of carbonyl (C=O) groups excluding carboxylic acids is 4. The van der Waals surface area contributed by atoms with E-state index in [1.807, 2.05) is 0 Å². The van der Waals surface area contributed by atoms with E-state index in [1.165, 1.54) is 6.92 Å². The van der Waals surface area contributed by atoms with E-state index >= 15 is 0 Å². The number of nitrogens with two attached hydrogens (primary N) is 1. The highest BCUT2D eigenvalue weighted by atomic mass is 16.4. The second-order valence-corrected chi connectivity index (χ2v) is 5.69. The highest BCUT2D eigenvalue weighted by Crippen LogP contribution is 2.57. The number of rotatable bonds is 5. The molecule has 2 rings (SSSR count). The minimum atomic E-state index is -1.42. The molecule has 0 heterocycles. The van der Waals surface area contributed by atoms with E-state index < -0.39 is 35.5 Å². The van der Waals surface area contributed by atoms with Gasteiger partial charge in [-0.3, -0.25) is 9.59 Å². The third-order valence-corrected chi connectivity index (χ3v) is 4.08. The van der Waals surface area contributed by atoms with Crippen LogP contribution in [0.1, 0.15) is 19.8 Å². The fourth-order valence-electron chi connectivity index (χ4n) is 2.90. The summed E-state index contributed by atoms with van der Waals surface area (Å²) in [6, 6.07) is -0.739. The van der Waals surface area contributed by atoms with Crippen LogP contribution in [-0.4, -0.2) is 58.4 Å². The Balaban J connectivity index is 0.000000816. The zero-order valence-corrected chi connectivity index (χ0v) is 12.4. The molecule has 128 valence electrons. The summed E-state index contributed by atoms with van der Waals surface area (Å²) in [5.41, 5.74) is 3.92. The molecule has 23 heavy (non-hydrogen) atoms. The summed E-state index contributed by atoms with van der Waals surface area (Å²) in [7, 11) is 0. The molecule has 5 atom stereocenters. The lowest BCUT2D eigenvalue weighted by molar-refractivity contribution is -0.191. The monoisotopic (exact) mass is 329 g/mol. The summed E-state index contributed by atoms with van der Waals surface area (Å²) in [4.78, 5) is 50.8. The van der Waals surface area contributed by atoms with Crippen molar-refractivity contribution in [3.8, 4) is 0 Å². The van der Waals surface area contributed by atoms with Crippen LogP contribution < -0.4 is 16.4 Å². The Labute approximate surface area is 131 Å². The highest BCUT2D eigenvalue weighted by molar-refractivity contribution is 5.91. The van der Waals surface area contributed by atoms with E-state index in [2.05, 4.69) is 10.6 Å². The summed E-state index contributed by atoms with van der Waals surface area (Å²) in [6.45, 7) is 1.15. The van der Waals surface area contributed by atoms with Gasteiger partial charge in [-0.2, -0.15) is 9.59 Å². The first-order chi connectivity index (χ1) is 10.7. The number of aliphatic hydroxyl groups excluding tert-OH is 1. The van der Waals surface area contributed by atoms with Crippen LogP contribution in [0.25, 0.3) is 0 Å². The molecule has 0 aromatic rings. The SMILES string of the molecule is C[C@H](N)C(=O)NCC(=O)N[C@@]1(C(=O)O)C[C@H](O)[C@H]2C[C@H]21.O=C=O. The lowest BCUT2D eigenvalue weighted by Crippen LogP contribution is -2.58. The molecule has 0 aliphatic heterocycles. The van der Waals surface area contributed by atoms with Gasteiger partial charge in [-0.1, -0.05) is 0 Å². The van der Waals surface area contributed by atoms with Gasteiger partial charge in [-0.25, -0.2) is 4.79 Å². The number of hydrogen-bond donors (Lipinski definition) is 5. The van der Waals surface area contributed by atoms with Crippen molar-refractivity contribution in [1.82, 2.24) is 10.6 Å². The Kier molecular flexibility index (Phi) is 5.97. The average Bonchev–Trinajstić information content (AvgIpc) is 3.20. The maximum Gasteiger partial charge on any atom is 0.373 e. The Morgan fingerprint density at radius 2 is 1.96 bits per heavy atom. The Bertz CT molecular complexity index is 530. The largest absolute Gasteiger partial charge is 0.479 e. The van der Waals surface area contributed by atoms with Gasteiger partial charge in [-0.05, 0) is 25.2 Å². The molecular weight excluding hydrogens is 310 g/mol. The fraction of sp³-hybridized carbons (Fsp3) is 0.692. The standard InChI is InChI=1S/C12H19N3O5.CO2/c1-5(13)10(18)14-4-9(17)15-12(11(19)20)3-8(16)6-2-7(6)12;2-1-3/h5-8,16H,2-4,13H2,1H3,(H,14,18)(H,15,17)(H,19,20);/t5-,6-,7+,8-,12-;/m0./s1. The molecule has 2 saturated carbocycles. The smallest absolute Gasteiger partial charge is 0.373 e. The lowest BCUT2D eigenvalue weighted by atomic mass is 9.92. The van der Waals surface area contributed by atoms with Crippen LogP contribution in [0.4, 0.5) is 0 Å². The number of hydrogen-bond acceptors (Lipinski definition) is 7. The van der Waals surface area contributed by atoms with Crippen molar-refractivity contribution in [3.63, 3.8) is 0 Å². The summed E-state index contributed by atoms with van der Waals surface area (Å²) < 4.78 is 0. The van der Waals surface area contributed by atoms with E-state index in [0.717, 1.165) is 0 Å². The molecule has 0 spiro atoms. The molecule has 0 radical (unpaired) electrons. The molecule has 0 aromatic heterocycles. The molecule has 0 saturated heterocycles. The number of aliphatic carboxylic acids is 1. The van der Waals surface area contributed by atoms with Gasteiger partial charge in [0.1, 0.15) is 5.54 Å². The zero-order chi connectivity index (χ0) is 17.8. The van der Waals surface area contributed by atoms with Crippen LogP contribution in [0.15, 0.2) is 0 Å². The van der Waals surface area contributed by atoms with Crippen molar-refractivity contribution >= 4 is 23.9 Å². The number of fused-ring (bicyclic) bond motifs is 1. The number of carbonyl (C=O) groups is 3. The normalized spacial score (nSPS) is 31.5. The predicted molar refractivity (Wildman–Crippen MR) is 72.4 cm³/mol. The van der Waals surface area contributed by atoms with Crippen LogP contribution in [0, 0.1) is 11.8 Å². The topological polar surface area (TPSA) is 176 Å². The third-order valence-electron chi connectivity index (χ3n) is 4.08. The Hall–Kier alpha value is -2.29. The first-order valence-corrected chi connectivity index (χ1v) is 6.94. The van der Waals surface area contributed by atoms with Crippen LogP contribution in [0.3, 0.4) is 0 Å². The molecule has 10 heteroatoms. The maximum atomic E-state index is 11.8. The van der Waals surface area contributed by atoms with E-state index in [9.17, 15) is 24.6 Å². The maximum absolute atomic E-state index is 11.8. The molecule has 0 bridgehead atoms. The van der Waals surface area contributed by atoms with Gasteiger partial charge in [0, 0.05) is 6.42 Å². The number of carboxylic acids is 1.